The third-order valence-corrected chi connectivity index (χ3v) is 6.80. The first-order chi connectivity index (χ1) is 16.6. The summed E-state index contributed by atoms with van der Waals surface area (Å²) in [5, 5.41) is 4.93. The number of ether oxygens (including phenoxy) is 1. The van der Waals surface area contributed by atoms with Gasteiger partial charge in [-0.1, -0.05) is 44.2 Å². The minimum Gasteiger partial charge on any atom is -0.494 e. The fraction of sp³-hybridized carbons (Fsp3) is 0.357. The van der Waals surface area contributed by atoms with Crippen LogP contribution in [0, 0.1) is 0 Å². The number of nitrogens with zero attached hydrogens (tertiary/aromatic N) is 2. The molecule has 0 saturated heterocycles. The van der Waals surface area contributed by atoms with Gasteiger partial charge in [0.1, 0.15) is 11.6 Å². The van der Waals surface area contributed by atoms with Crippen LogP contribution >= 0.6 is 11.3 Å². The number of amides is 1. The van der Waals surface area contributed by atoms with Crippen molar-refractivity contribution in [2.75, 3.05) is 13.2 Å². The second-order valence-electron chi connectivity index (χ2n) is 8.78. The van der Waals surface area contributed by atoms with E-state index in [1.807, 2.05) is 23.6 Å². The predicted molar refractivity (Wildman–Crippen MR) is 140 cm³/mol. The highest BCUT2D eigenvalue weighted by Gasteiger charge is 2.11. The van der Waals surface area contributed by atoms with Crippen molar-refractivity contribution >= 4 is 28.3 Å². The third-order valence-electron chi connectivity index (χ3n) is 5.93. The molecule has 6 heteroatoms. The number of unbranched alkanes of at least 4 members (excludes halogenated alkanes) is 1. The Bertz CT molecular complexity index is 1180. The summed E-state index contributed by atoms with van der Waals surface area (Å²) < 4.78 is 8.27. The van der Waals surface area contributed by atoms with Crippen LogP contribution in [0.25, 0.3) is 11.0 Å². The maximum Gasteiger partial charge on any atom is 0.261 e. The molecule has 0 bridgehead atoms. The predicted octanol–water partition coefficient (Wildman–Crippen LogP) is 6.44. The summed E-state index contributed by atoms with van der Waals surface area (Å²) in [5.74, 6) is 2.55. The van der Waals surface area contributed by atoms with Crippen molar-refractivity contribution in [3.05, 3.63) is 82.3 Å². The third kappa shape index (κ3) is 6.26. The molecule has 2 aromatic carbocycles. The SMILES string of the molecule is CC(C)c1ccc(OCCCCn2c(CCCNC(=O)c3cccs3)nc3ccccc32)cc1. The van der Waals surface area contributed by atoms with Crippen molar-refractivity contribution in [1.82, 2.24) is 14.9 Å². The average molecular weight is 476 g/mol. The van der Waals surface area contributed by atoms with E-state index in [0.717, 1.165) is 54.2 Å². The van der Waals surface area contributed by atoms with E-state index in [9.17, 15) is 4.79 Å². The minimum absolute atomic E-state index is 0.00217. The molecule has 0 radical (unpaired) electrons. The number of imidazole rings is 1. The molecule has 0 spiro atoms. The monoisotopic (exact) mass is 475 g/mol. The zero-order chi connectivity index (χ0) is 23.8. The van der Waals surface area contributed by atoms with Crippen LogP contribution in [-0.4, -0.2) is 28.6 Å². The molecule has 2 aromatic heterocycles. The van der Waals surface area contributed by atoms with E-state index < -0.39 is 0 Å². The molecule has 5 nitrogen and oxygen atoms in total. The molecule has 0 aliphatic rings. The number of rotatable bonds is 12. The van der Waals surface area contributed by atoms with Gasteiger partial charge in [-0.05, 0) is 66.5 Å². The first kappa shape index (κ1) is 24.0. The second-order valence-corrected chi connectivity index (χ2v) is 9.73. The van der Waals surface area contributed by atoms with Crippen LogP contribution in [0.1, 0.15) is 60.1 Å². The quantitative estimate of drug-likeness (QED) is 0.240. The van der Waals surface area contributed by atoms with Crippen molar-refractivity contribution in [2.45, 2.75) is 52.0 Å². The number of para-hydroxylation sites is 2. The van der Waals surface area contributed by atoms with Gasteiger partial charge in [-0.25, -0.2) is 4.98 Å². The molecule has 0 unspecified atom stereocenters. The summed E-state index contributed by atoms with van der Waals surface area (Å²) >= 11 is 1.47. The molecule has 178 valence electrons. The van der Waals surface area contributed by atoms with Gasteiger partial charge in [0.05, 0.1) is 22.5 Å². The maximum absolute atomic E-state index is 12.1. The summed E-state index contributed by atoms with van der Waals surface area (Å²) in [7, 11) is 0. The van der Waals surface area contributed by atoms with Crippen LogP contribution in [0.15, 0.2) is 66.0 Å². The Kier molecular flexibility index (Phi) is 8.36. The lowest BCUT2D eigenvalue weighted by Crippen LogP contribution is -2.24. The van der Waals surface area contributed by atoms with E-state index in [-0.39, 0.29) is 5.91 Å². The molecule has 0 aliphatic heterocycles. The molecule has 1 amide bonds. The van der Waals surface area contributed by atoms with Crippen LogP contribution in [0.2, 0.25) is 0 Å². The highest BCUT2D eigenvalue weighted by Crippen LogP contribution is 2.20. The molecule has 0 fully saturated rings. The number of carbonyl (C=O) groups is 1. The number of hydrogen-bond donors (Lipinski definition) is 1. The van der Waals surface area contributed by atoms with E-state index >= 15 is 0 Å². The first-order valence-electron chi connectivity index (χ1n) is 12.1. The topological polar surface area (TPSA) is 56.1 Å². The Morgan fingerprint density at radius 3 is 2.62 bits per heavy atom. The van der Waals surface area contributed by atoms with Crippen LogP contribution in [0.4, 0.5) is 0 Å². The summed E-state index contributed by atoms with van der Waals surface area (Å²) in [6, 6.07) is 20.5. The largest absolute Gasteiger partial charge is 0.494 e. The number of aryl methyl sites for hydroxylation is 2. The number of nitrogens with one attached hydrogen (secondary N) is 1. The molecule has 0 saturated carbocycles. The molecular formula is C28H33N3O2S. The second kappa shape index (κ2) is 11.8. The number of hydrogen-bond acceptors (Lipinski definition) is 4. The molecule has 1 N–H and O–H groups in total. The first-order valence-corrected chi connectivity index (χ1v) is 13.0. The number of thiophene rings is 1. The van der Waals surface area contributed by atoms with Crippen LogP contribution < -0.4 is 10.1 Å². The minimum atomic E-state index is 0.00217. The van der Waals surface area contributed by atoms with E-state index in [2.05, 4.69) is 66.2 Å². The molecule has 34 heavy (non-hydrogen) atoms. The highest BCUT2D eigenvalue weighted by molar-refractivity contribution is 7.12. The average Bonchev–Trinajstić information content (AvgIpc) is 3.50. The van der Waals surface area contributed by atoms with E-state index in [1.165, 1.54) is 22.4 Å². The number of benzene rings is 2. The van der Waals surface area contributed by atoms with Gasteiger partial charge in [-0.3, -0.25) is 4.79 Å². The summed E-state index contributed by atoms with van der Waals surface area (Å²) in [5.41, 5.74) is 3.53. The van der Waals surface area contributed by atoms with Gasteiger partial charge in [0.15, 0.2) is 0 Å². The normalized spacial score (nSPS) is 11.3. The van der Waals surface area contributed by atoms with Crippen LogP contribution in [0.3, 0.4) is 0 Å². The van der Waals surface area contributed by atoms with Gasteiger partial charge in [0, 0.05) is 19.5 Å². The van der Waals surface area contributed by atoms with Crippen molar-refractivity contribution in [2.24, 2.45) is 0 Å². The lowest BCUT2D eigenvalue weighted by atomic mass is 10.0. The van der Waals surface area contributed by atoms with E-state index in [4.69, 9.17) is 9.72 Å². The summed E-state index contributed by atoms with van der Waals surface area (Å²) in [6.07, 6.45) is 3.69. The summed E-state index contributed by atoms with van der Waals surface area (Å²) in [4.78, 5) is 17.8. The van der Waals surface area contributed by atoms with Gasteiger partial charge in [-0.15, -0.1) is 11.3 Å². The van der Waals surface area contributed by atoms with Crippen LogP contribution in [0.5, 0.6) is 5.75 Å². The van der Waals surface area contributed by atoms with Crippen molar-refractivity contribution < 1.29 is 9.53 Å². The molecule has 2 heterocycles. The van der Waals surface area contributed by atoms with Gasteiger partial charge in [-0.2, -0.15) is 0 Å². The number of aromatic nitrogens is 2. The van der Waals surface area contributed by atoms with Crippen molar-refractivity contribution in [3.63, 3.8) is 0 Å². The van der Waals surface area contributed by atoms with Crippen molar-refractivity contribution in [3.8, 4) is 5.75 Å². The molecule has 4 aromatic rings. The zero-order valence-electron chi connectivity index (χ0n) is 20.0. The standard InChI is InChI=1S/C28H33N3O2S/c1-21(2)22-13-15-23(16-14-22)33-19-6-5-18-31-25-10-4-3-9-24(25)30-27(31)12-7-17-29-28(32)26-11-8-20-34-26/h3-4,8-11,13-16,20-21H,5-7,12,17-19H2,1-2H3,(H,29,32). The smallest absolute Gasteiger partial charge is 0.261 e. The maximum atomic E-state index is 12.1. The van der Waals surface area contributed by atoms with Gasteiger partial charge in [0.2, 0.25) is 0 Å². The van der Waals surface area contributed by atoms with Gasteiger partial charge >= 0.3 is 0 Å². The molecular weight excluding hydrogens is 442 g/mol. The Labute approximate surface area is 205 Å². The lowest BCUT2D eigenvalue weighted by Gasteiger charge is -2.11. The highest BCUT2D eigenvalue weighted by atomic mass is 32.1. The number of fused-ring (bicyclic) bond motifs is 1. The van der Waals surface area contributed by atoms with Crippen LogP contribution in [-0.2, 0) is 13.0 Å². The molecule has 4 rings (SSSR count). The lowest BCUT2D eigenvalue weighted by molar-refractivity contribution is 0.0957. The van der Waals surface area contributed by atoms with Gasteiger partial charge < -0.3 is 14.6 Å². The Balaban J connectivity index is 1.27. The zero-order valence-corrected chi connectivity index (χ0v) is 20.8. The van der Waals surface area contributed by atoms with Crippen molar-refractivity contribution in [1.29, 1.82) is 0 Å². The number of carbonyl (C=O) groups excluding carboxylic acids is 1. The summed E-state index contributed by atoms with van der Waals surface area (Å²) in [6.45, 7) is 6.66. The fourth-order valence-corrected chi connectivity index (χ4v) is 4.66. The Morgan fingerprint density at radius 2 is 1.85 bits per heavy atom. The fourth-order valence-electron chi connectivity index (χ4n) is 4.02. The Hall–Kier alpha value is -3.12. The molecule has 0 atom stereocenters. The molecule has 0 aliphatic carbocycles. The van der Waals surface area contributed by atoms with E-state index in [1.54, 1.807) is 0 Å². The Morgan fingerprint density at radius 1 is 1.03 bits per heavy atom. The van der Waals surface area contributed by atoms with E-state index in [0.29, 0.717) is 19.1 Å². The van der Waals surface area contributed by atoms with Gasteiger partial charge in [0.25, 0.3) is 5.91 Å².